The molecule has 0 aliphatic rings. The van der Waals surface area contributed by atoms with Gasteiger partial charge in [-0.3, -0.25) is 14.9 Å². The lowest BCUT2D eigenvalue weighted by Crippen LogP contribution is -2.27. The summed E-state index contributed by atoms with van der Waals surface area (Å²) in [6.07, 6.45) is -0.752. The predicted molar refractivity (Wildman–Crippen MR) is 118 cm³/mol. The Labute approximate surface area is 182 Å². The van der Waals surface area contributed by atoms with Crippen LogP contribution in [0.3, 0.4) is 0 Å². The maximum Gasteiger partial charge on any atom is 0.360 e. The lowest BCUT2D eigenvalue weighted by atomic mass is 10.1. The Kier molecular flexibility index (Phi) is 5.76. The number of carbonyl (C=O) groups is 1. The maximum atomic E-state index is 13.0. The summed E-state index contributed by atoms with van der Waals surface area (Å²) in [5.41, 5.74) is 0.947. The van der Waals surface area contributed by atoms with Crippen molar-refractivity contribution < 1.29 is 14.5 Å². The van der Waals surface area contributed by atoms with Crippen LogP contribution in [0.4, 0.5) is 5.69 Å². The molecule has 160 valence electrons. The van der Waals surface area contributed by atoms with E-state index in [1.807, 2.05) is 30.3 Å². The molecule has 8 heteroatoms. The minimum Gasteiger partial charge on any atom is -0.453 e. The van der Waals surface area contributed by atoms with Crippen molar-refractivity contribution in [2.24, 2.45) is 0 Å². The van der Waals surface area contributed by atoms with Crippen LogP contribution < -0.4 is 5.56 Å². The highest BCUT2D eigenvalue weighted by Crippen LogP contribution is 2.24. The molecular formula is C24H19N3O5. The van der Waals surface area contributed by atoms with E-state index in [4.69, 9.17) is 4.74 Å². The first-order valence-electron chi connectivity index (χ1n) is 9.93. The summed E-state index contributed by atoms with van der Waals surface area (Å²) in [6, 6.07) is 21.9. The van der Waals surface area contributed by atoms with Crippen LogP contribution >= 0.6 is 0 Å². The van der Waals surface area contributed by atoms with Gasteiger partial charge in [0.05, 0.1) is 16.9 Å². The standard InChI is InChI=1S/C24H19N3O5/c1-16(18-10-7-11-19(14-18)27(30)31)32-24(29)22-20-12-5-6-13-21(20)23(28)26(25-22)15-17-8-3-2-4-9-17/h2-14,16H,15H2,1H3/t16-/m1/s1. The number of non-ortho nitro benzene ring substituents is 1. The second-order valence-electron chi connectivity index (χ2n) is 7.24. The molecule has 3 aromatic carbocycles. The van der Waals surface area contributed by atoms with Crippen LogP contribution in [0, 0.1) is 10.1 Å². The Morgan fingerprint density at radius 2 is 1.72 bits per heavy atom. The molecule has 0 saturated heterocycles. The Balaban J connectivity index is 1.70. The summed E-state index contributed by atoms with van der Waals surface area (Å²) in [6.45, 7) is 1.82. The van der Waals surface area contributed by atoms with E-state index in [1.54, 1.807) is 37.3 Å². The quantitative estimate of drug-likeness (QED) is 0.258. The lowest BCUT2D eigenvalue weighted by Gasteiger charge is -2.15. The molecule has 0 fully saturated rings. The molecule has 0 aliphatic carbocycles. The number of hydrogen-bond acceptors (Lipinski definition) is 6. The number of esters is 1. The first kappa shape index (κ1) is 20.9. The molecule has 0 saturated carbocycles. The third kappa shape index (κ3) is 4.24. The van der Waals surface area contributed by atoms with Gasteiger partial charge in [-0.25, -0.2) is 9.48 Å². The largest absolute Gasteiger partial charge is 0.453 e. The monoisotopic (exact) mass is 429 g/mol. The summed E-state index contributed by atoms with van der Waals surface area (Å²) >= 11 is 0. The molecule has 0 spiro atoms. The minimum absolute atomic E-state index is 0.00779. The van der Waals surface area contributed by atoms with Crippen molar-refractivity contribution in [1.29, 1.82) is 0 Å². The molecule has 0 unspecified atom stereocenters. The number of ether oxygens (including phenoxy) is 1. The fourth-order valence-corrected chi connectivity index (χ4v) is 3.43. The number of hydrogen-bond donors (Lipinski definition) is 0. The zero-order valence-electron chi connectivity index (χ0n) is 17.2. The average molecular weight is 429 g/mol. The van der Waals surface area contributed by atoms with E-state index >= 15 is 0 Å². The van der Waals surface area contributed by atoms with E-state index in [0.29, 0.717) is 16.3 Å². The van der Waals surface area contributed by atoms with E-state index in [9.17, 15) is 19.7 Å². The van der Waals surface area contributed by atoms with Gasteiger partial charge in [0, 0.05) is 17.5 Å². The zero-order valence-corrected chi connectivity index (χ0v) is 17.2. The number of nitrogens with zero attached hydrogens (tertiary/aromatic N) is 3. The van der Waals surface area contributed by atoms with Gasteiger partial charge in [-0.15, -0.1) is 0 Å². The van der Waals surface area contributed by atoms with Gasteiger partial charge in [-0.2, -0.15) is 5.10 Å². The molecular weight excluding hydrogens is 410 g/mol. The molecule has 1 heterocycles. The normalized spacial score (nSPS) is 11.8. The van der Waals surface area contributed by atoms with Crippen LogP contribution in [0.25, 0.3) is 10.8 Å². The molecule has 0 bridgehead atoms. The number of benzene rings is 3. The maximum absolute atomic E-state index is 13.0. The highest BCUT2D eigenvalue weighted by atomic mass is 16.6. The van der Waals surface area contributed by atoms with Crippen molar-refractivity contribution in [2.75, 3.05) is 0 Å². The fraction of sp³-hybridized carbons (Fsp3) is 0.125. The van der Waals surface area contributed by atoms with E-state index in [0.717, 1.165) is 5.56 Å². The molecule has 4 aromatic rings. The van der Waals surface area contributed by atoms with E-state index in [2.05, 4.69) is 5.10 Å². The van der Waals surface area contributed by atoms with Gasteiger partial charge in [0.15, 0.2) is 5.69 Å². The van der Waals surface area contributed by atoms with Gasteiger partial charge < -0.3 is 4.74 Å². The third-order valence-electron chi connectivity index (χ3n) is 5.07. The lowest BCUT2D eigenvalue weighted by molar-refractivity contribution is -0.385. The summed E-state index contributed by atoms with van der Waals surface area (Å²) < 4.78 is 6.81. The predicted octanol–water partition coefficient (Wildman–Crippen LogP) is 4.27. The third-order valence-corrected chi connectivity index (χ3v) is 5.07. The first-order valence-corrected chi connectivity index (χ1v) is 9.93. The Morgan fingerprint density at radius 3 is 2.44 bits per heavy atom. The van der Waals surface area contributed by atoms with Gasteiger partial charge in [-0.1, -0.05) is 60.7 Å². The van der Waals surface area contributed by atoms with Gasteiger partial charge in [-0.05, 0) is 24.1 Å². The number of aromatic nitrogens is 2. The van der Waals surface area contributed by atoms with E-state index < -0.39 is 17.0 Å². The van der Waals surface area contributed by atoms with Crippen molar-refractivity contribution in [3.8, 4) is 0 Å². The first-order chi connectivity index (χ1) is 15.4. The summed E-state index contributed by atoms with van der Waals surface area (Å²) in [4.78, 5) is 36.5. The topological polar surface area (TPSA) is 104 Å². The van der Waals surface area contributed by atoms with Crippen molar-refractivity contribution in [3.05, 3.63) is 116 Å². The van der Waals surface area contributed by atoms with Crippen LogP contribution in [0.15, 0.2) is 83.7 Å². The van der Waals surface area contributed by atoms with Crippen LogP contribution in [-0.2, 0) is 11.3 Å². The Bertz CT molecular complexity index is 1370. The van der Waals surface area contributed by atoms with Crippen molar-refractivity contribution in [1.82, 2.24) is 9.78 Å². The number of nitro benzene ring substituents is 1. The second-order valence-corrected chi connectivity index (χ2v) is 7.24. The summed E-state index contributed by atoms with van der Waals surface area (Å²) in [5, 5.41) is 16.1. The molecule has 0 radical (unpaired) electrons. The summed E-state index contributed by atoms with van der Waals surface area (Å²) in [5.74, 6) is -0.720. The summed E-state index contributed by atoms with van der Waals surface area (Å²) in [7, 11) is 0. The SMILES string of the molecule is C[C@@H](OC(=O)c1nn(Cc2ccccc2)c(=O)c2ccccc12)c1cccc([N+](=O)[O-])c1. The second kappa shape index (κ2) is 8.81. The molecule has 0 amide bonds. The van der Waals surface area contributed by atoms with Gasteiger partial charge in [0.1, 0.15) is 6.10 Å². The number of rotatable bonds is 6. The number of carbonyl (C=O) groups excluding carboxylic acids is 1. The Morgan fingerprint density at radius 1 is 1.03 bits per heavy atom. The van der Waals surface area contributed by atoms with Crippen LogP contribution in [0.2, 0.25) is 0 Å². The molecule has 1 aromatic heterocycles. The highest BCUT2D eigenvalue weighted by molar-refractivity contribution is 6.02. The van der Waals surface area contributed by atoms with Gasteiger partial charge >= 0.3 is 5.97 Å². The zero-order chi connectivity index (χ0) is 22.7. The van der Waals surface area contributed by atoms with Crippen LogP contribution in [0.5, 0.6) is 0 Å². The minimum atomic E-state index is -0.752. The van der Waals surface area contributed by atoms with Crippen molar-refractivity contribution >= 4 is 22.4 Å². The molecule has 4 rings (SSSR count). The molecule has 32 heavy (non-hydrogen) atoms. The molecule has 0 aliphatic heterocycles. The van der Waals surface area contributed by atoms with Gasteiger partial charge in [0.25, 0.3) is 11.2 Å². The van der Waals surface area contributed by atoms with Crippen molar-refractivity contribution in [3.63, 3.8) is 0 Å². The fourth-order valence-electron chi connectivity index (χ4n) is 3.43. The Hall–Kier alpha value is -4.33. The molecule has 8 nitrogen and oxygen atoms in total. The molecule has 1 atom stereocenters. The van der Waals surface area contributed by atoms with Gasteiger partial charge in [0.2, 0.25) is 0 Å². The number of fused-ring (bicyclic) bond motifs is 1. The van der Waals surface area contributed by atoms with E-state index in [1.165, 1.54) is 22.9 Å². The number of nitro groups is 1. The van der Waals surface area contributed by atoms with Crippen LogP contribution in [0.1, 0.15) is 34.6 Å². The molecule has 0 N–H and O–H groups in total. The smallest absolute Gasteiger partial charge is 0.360 e. The average Bonchev–Trinajstić information content (AvgIpc) is 2.81. The highest BCUT2D eigenvalue weighted by Gasteiger charge is 2.21. The van der Waals surface area contributed by atoms with Crippen LogP contribution in [-0.4, -0.2) is 20.7 Å². The van der Waals surface area contributed by atoms with Crippen molar-refractivity contribution in [2.45, 2.75) is 19.6 Å². The van der Waals surface area contributed by atoms with E-state index in [-0.39, 0.29) is 23.5 Å².